The summed E-state index contributed by atoms with van der Waals surface area (Å²) in [5.41, 5.74) is 1.30. The zero-order valence-electron chi connectivity index (χ0n) is 13.3. The number of benzene rings is 2. The summed E-state index contributed by atoms with van der Waals surface area (Å²) in [7, 11) is 0. The Labute approximate surface area is 140 Å². The van der Waals surface area contributed by atoms with Crippen LogP contribution in [0, 0.1) is 11.6 Å². The van der Waals surface area contributed by atoms with E-state index in [2.05, 4.69) is 0 Å². The van der Waals surface area contributed by atoms with E-state index in [1.54, 1.807) is 24.3 Å². The third-order valence-corrected chi connectivity index (χ3v) is 4.39. The summed E-state index contributed by atoms with van der Waals surface area (Å²) in [6, 6.07) is 11.9. The quantitative estimate of drug-likeness (QED) is 0.818. The average molecular weight is 333 g/mol. The molecule has 3 nitrogen and oxygen atoms in total. The van der Waals surface area contributed by atoms with Crippen LogP contribution in [0.3, 0.4) is 0 Å². The van der Waals surface area contributed by atoms with Crippen LogP contribution in [0.4, 0.5) is 8.78 Å². The molecule has 128 valence electrons. The fourth-order valence-corrected chi connectivity index (χ4v) is 2.84. The molecule has 0 aliphatic heterocycles. The highest BCUT2D eigenvalue weighted by Crippen LogP contribution is 2.30. The van der Waals surface area contributed by atoms with Gasteiger partial charge in [0, 0.05) is 19.1 Å². The Balaban J connectivity index is 1.64. The predicted octanol–water partition coefficient (Wildman–Crippen LogP) is 3.20. The Hall–Kier alpha value is -1.82. The zero-order valence-corrected chi connectivity index (χ0v) is 13.3. The van der Waals surface area contributed by atoms with Gasteiger partial charge in [0.2, 0.25) is 0 Å². The van der Waals surface area contributed by atoms with E-state index in [4.69, 9.17) is 0 Å². The number of nitrogens with zero attached hydrogens (tertiary/aromatic N) is 1. The minimum Gasteiger partial charge on any atom is -0.387 e. The highest BCUT2D eigenvalue weighted by Gasteiger charge is 2.32. The molecule has 2 aromatic carbocycles. The van der Waals surface area contributed by atoms with Crippen molar-refractivity contribution in [3.05, 3.63) is 71.3 Å². The molecule has 0 heterocycles. The molecule has 0 saturated heterocycles. The third kappa shape index (κ3) is 4.38. The molecule has 0 bridgehead atoms. The highest BCUT2D eigenvalue weighted by molar-refractivity contribution is 5.20. The van der Waals surface area contributed by atoms with Crippen molar-refractivity contribution in [3.63, 3.8) is 0 Å². The molecule has 3 rings (SSSR count). The monoisotopic (exact) mass is 333 g/mol. The highest BCUT2D eigenvalue weighted by atomic mass is 19.1. The van der Waals surface area contributed by atoms with Gasteiger partial charge in [0.05, 0.1) is 12.2 Å². The van der Waals surface area contributed by atoms with Crippen LogP contribution in [-0.4, -0.2) is 34.2 Å². The van der Waals surface area contributed by atoms with Crippen LogP contribution >= 0.6 is 0 Å². The Morgan fingerprint density at radius 1 is 0.792 bits per heavy atom. The average Bonchev–Trinajstić information content (AvgIpc) is 3.40. The molecule has 1 aliphatic carbocycles. The molecule has 1 saturated carbocycles. The van der Waals surface area contributed by atoms with Crippen LogP contribution < -0.4 is 0 Å². The maximum Gasteiger partial charge on any atom is 0.123 e. The van der Waals surface area contributed by atoms with Crippen molar-refractivity contribution < 1.29 is 19.0 Å². The maximum absolute atomic E-state index is 13.0. The third-order valence-electron chi connectivity index (χ3n) is 4.39. The van der Waals surface area contributed by atoms with Crippen LogP contribution in [0.25, 0.3) is 0 Å². The zero-order chi connectivity index (χ0) is 17.1. The first-order chi connectivity index (χ1) is 11.5. The van der Waals surface area contributed by atoms with Gasteiger partial charge in [0.25, 0.3) is 0 Å². The summed E-state index contributed by atoms with van der Waals surface area (Å²) >= 11 is 0. The Kier molecular flexibility index (Phi) is 5.23. The first kappa shape index (κ1) is 17.0. The van der Waals surface area contributed by atoms with Gasteiger partial charge >= 0.3 is 0 Å². The number of rotatable bonds is 7. The summed E-state index contributed by atoms with van der Waals surface area (Å²) in [6.07, 6.45) is 0.580. The normalized spacial score (nSPS) is 17.0. The topological polar surface area (TPSA) is 43.7 Å². The van der Waals surface area contributed by atoms with E-state index in [1.807, 2.05) is 4.90 Å². The van der Waals surface area contributed by atoms with Gasteiger partial charge in [0.15, 0.2) is 0 Å². The van der Waals surface area contributed by atoms with E-state index in [-0.39, 0.29) is 11.6 Å². The van der Waals surface area contributed by atoms with E-state index in [9.17, 15) is 19.0 Å². The first-order valence-electron chi connectivity index (χ1n) is 8.14. The van der Waals surface area contributed by atoms with Crippen molar-refractivity contribution in [2.24, 2.45) is 0 Å². The molecule has 2 unspecified atom stereocenters. The molecule has 2 atom stereocenters. The maximum atomic E-state index is 13.0. The molecular weight excluding hydrogens is 312 g/mol. The van der Waals surface area contributed by atoms with Crippen LogP contribution in [0.15, 0.2) is 48.5 Å². The van der Waals surface area contributed by atoms with Gasteiger partial charge in [-0.3, -0.25) is 4.90 Å². The standard InChI is InChI=1S/C19H21F2NO2/c20-15-5-1-13(2-6-15)18(23)11-22(17-9-10-17)12-19(24)14-3-7-16(21)8-4-14/h1-8,17-19,23-24H,9-12H2. The van der Waals surface area contributed by atoms with Gasteiger partial charge in [-0.05, 0) is 48.2 Å². The Morgan fingerprint density at radius 3 is 1.50 bits per heavy atom. The number of aliphatic hydroxyl groups excluding tert-OH is 2. The molecule has 24 heavy (non-hydrogen) atoms. The predicted molar refractivity (Wildman–Crippen MR) is 87.3 cm³/mol. The molecule has 0 radical (unpaired) electrons. The number of hydrogen-bond donors (Lipinski definition) is 2. The van der Waals surface area contributed by atoms with Crippen LogP contribution in [-0.2, 0) is 0 Å². The lowest BCUT2D eigenvalue weighted by molar-refractivity contribution is 0.0643. The molecule has 1 aliphatic rings. The lowest BCUT2D eigenvalue weighted by atomic mass is 10.1. The molecule has 0 amide bonds. The molecule has 0 spiro atoms. The molecule has 1 fully saturated rings. The van der Waals surface area contributed by atoms with Gasteiger partial charge in [-0.2, -0.15) is 0 Å². The molecule has 0 aromatic heterocycles. The molecule has 5 heteroatoms. The van der Waals surface area contributed by atoms with E-state index < -0.39 is 12.2 Å². The van der Waals surface area contributed by atoms with Gasteiger partial charge in [-0.1, -0.05) is 24.3 Å². The molecular formula is C19H21F2NO2. The molecule has 2 aromatic rings. The van der Waals surface area contributed by atoms with Gasteiger partial charge in [-0.15, -0.1) is 0 Å². The molecule has 2 N–H and O–H groups in total. The summed E-state index contributed by atoms with van der Waals surface area (Å²) in [5.74, 6) is -0.673. The van der Waals surface area contributed by atoms with Crippen molar-refractivity contribution in [2.45, 2.75) is 31.1 Å². The number of hydrogen-bond acceptors (Lipinski definition) is 3. The lowest BCUT2D eigenvalue weighted by Gasteiger charge is -2.27. The van der Waals surface area contributed by atoms with Crippen LogP contribution in [0.5, 0.6) is 0 Å². The van der Waals surface area contributed by atoms with Gasteiger partial charge < -0.3 is 10.2 Å². The summed E-state index contributed by atoms with van der Waals surface area (Å²) in [6.45, 7) is 0.739. The van der Waals surface area contributed by atoms with Crippen molar-refractivity contribution in [1.82, 2.24) is 4.90 Å². The van der Waals surface area contributed by atoms with Gasteiger partial charge in [0.1, 0.15) is 11.6 Å². The van der Waals surface area contributed by atoms with Crippen molar-refractivity contribution >= 4 is 0 Å². The smallest absolute Gasteiger partial charge is 0.123 e. The van der Waals surface area contributed by atoms with Crippen molar-refractivity contribution in [3.8, 4) is 0 Å². The minimum absolute atomic E-state index is 0.336. The largest absolute Gasteiger partial charge is 0.387 e. The summed E-state index contributed by atoms with van der Waals surface area (Å²) in [4.78, 5) is 2.04. The van der Waals surface area contributed by atoms with E-state index in [0.29, 0.717) is 30.3 Å². The Morgan fingerprint density at radius 2 is 1.17 bits per heavy atom. The van der Waals surface area contributed by atoms with E-state index in [1.165, 1.54) is 24.3 Å². The summed E-state index contributed by atoms with van der Waals surface area (Å²) in [5, 5.41) is 20.8. The number of halogens is 2. The van der Waals surface area contributed by atoms with E-state index >= 15 is 0 Å². The van der Waals surface area contributed by atoms with Gasteiger partial charge in [-0.25, -0.2) is 8.78 Å². The second kappa shape index (κ2) is 7.38. The fourth-order valence-electron chi connectivity index (χ4n) is 2.84. The van der Waals surface area contributed by atoms with Crippen molar-refractivity contribution in [2.75, 3.05) is 13.1 Å². The second-order valence-electron chi connectivity index (χ2n) is 6.32. The second-order valence-corrected chi connectivity index (χ2v) is 6.32. The van der Waals surface area contributed by atoms with Crippen LogP contribution in [0.2, 0.25) is 0 Å². The lowest BCUT2D eigenvalue weighted by Crippen LogP contribution is -2.34. The minimum atomic E-state index is -0.744. The van der Waals surface area contributed by atoms with Crippen LogP contribution in [0.1, 0.15) is 36.2 Å². The fraction of sp³-hybridized carbons (Fsp3) is 0.368. The van der Waals surface area contributed by atoms with Crippen molar-refractivity contribution in [1.29, 1.82) is 0 Å². The van der Waals surface area contributed by atoms with E-state index in [0.717, 1.165) is 12.8 Å². The summed E-state index contributed by atoms with van der Waals surface area (Å²) < 4.78 is 26.0. The number of aliphatic hydroxyl groups is 2. The first-order valence-corrected chi connectivity index (χ1v) is 8.14. The SMILES string of the molecule is OC(CN(CC(O)c1ccc(F)cc1)C1CC1)c1ccc(F)cc1. The Bertz CT molecular complexity index is 603.